The fourth-order valence-electron chi connectivity index (χ4n) is 3.85. The number of para-hydroxylation sites is 1. The Balaban J connectivity index is 1.32. The predicted octanol–water partition coefficient (Wildman–Crippen LogP) is 3.02. The molecule has 134 valence electrons. The Morgan fingerprint density at radius 2 is 1.84 bits per heavy atom. The topological polar surface area (TPSA) is 24.3 Å². The molecule has 25 heavy (non-hydrogen) atoms. The van der Waals surface area contributed by atoms with Crippen LogP contribution in [0.4, 0.5) is 4.39 Å². The summed E-state index contributed by atoms with van der Waals surface area (Å²) in [6.07, 6.45) is 6.32. The number of rotatable bonds is 4. The zero-order chi connectivity index (χ0) is 17.1. The average molecular weight is 361 g/mol. The van der Waals surface area contributed by atoms with Gasteiger partial charge in [0.2, 0.25) is 0 Å². The number of piperidine rings is 1. The first-order valence-electron chi connectivity index (χ1n) is 9.12. The molecular formula is C19H25FN4S. The Bertz CT molecular complexity index is 690. The quantitative estimate of drug-likeness (QED) is 0.837. The summed E-state index contributed by atoms with van der Waals surface area (Å²) in [5, 5.41) is 4.34. The van der Waals surface area contributed by atoms with E-state index < -0.39 is 0 Å². The average Bonchev–Trinajstić information content (AvgIpc) is 3.12. The molecular weight excluding hydrogens is 335 g/mol. The third-order valence-corrected chi connectivity index (χ3v) is 6.20. The monoisotopic (exact) mass is 360 g/mol. The van der Waals surface area contributed by atoms with Crippen LogP contribution >= 0.6 is 11.8 Å². The lowest BCUT2D eigenvalue weighted by Crippen LogP contribution is -2.47. The predicted molar refractivity (Wildman–Crippen MR) is 101 cm³/mol. The largest absolute Gasteiger partial charge is 0.299 e. The molecule has 0 bridgehead atoms. The summed E-state index contributed by atoms with van der Waals surface area (Å²) in [6.45, 7) is 5.69. The van der Waals surface area contributed by atoms with Crippen LogP contribution in [-0.4, -0.2) is 63.3 Å². The second-order valence-corrected chi connectivity index (χ2v) is 8.12. The van der Waals surface area contributed by atoms with E-state index in [1.807, 2.05) is 18.5 Å². The fourth-order valence-corrected chi connectivity index (χ4v) is 4.79. The molecule has 0 saturated carbocycles. The van der Waals surface area contributed by atoms with Gasteiger partial charge in [-0.05, 0) is 38.1 Å². The van der Waals surface area contributed by atoms with Gasteiger partial charge in [-0.15, -0.1) is 0 Å². The van der Waals surface area contributed by atoms with E-state index in [-0.39, 0.29) is 5.82 Å². The molecule has 0 aliphatic carbocycles. The molecule has 0 unspecified atom stereocenters. The molecule has 0 amide bonds. The van der Waals surface area contributed by atoms with Gasteiger partial charge < -0.3 is 0 Å². The van der Waals surface area contributed by atoms with Crippen molar-refractivity contribution in [3.63, 3.8) is 0 Å². The maximum atomic E-state index is 13.9. The molecule has 4 nitrogen and oxygen atoms in total. The van der Waals surface area contributed by atoms with Crippen LogP contribution < -0.4 is 0 Å². The summed E-state index contributed by atoms with van der Waals surface area (Å²) in [4.78, 5) is 5.18. The van der Waals surface area contributed by atoms with Gasteiger partial charge in [0, 0.05) is 48.9 Å². The number of likely N-dealkylation sites (tertiary alicyclic amines) is 1. The first-order chi connectivity index (χ1) is 12.3. The lowest BCUT2D eigenvalue weighted by atomic mass is 10.0. The van der Waals surface area contributed by atoms with E-state index >= 15 is 0 Å². The third-order valence-electron chi connectivity index (χ3n) is 5.26. The van der Waals surface area contributed by atoms with Gasteiger partial charge in [0.1, 0.15) is 11.5 Å². The van der Waals surface area contributed by atoms with E-state index in [2.05, 4.69) is 26.7 Å². The van der Waals surface area contributed by atoms with E-state index in [9.17, 15) is 4.39 Å². The van der Waals surface area contributed by atoms with Gasteiger partial charge in [0.05, 0.1) is 6.20 Å². The highest BCUT2D eigenvalue weighted by Crippen LogP contribution is 2.22. The van der Waals surface area contributed by atoms with Crippen molar-refractivity contribution in [2.45, 2.75) is 25.4 Å². The summed E-state index contributed by atoms with van der Waals surface area (Å²) in [5.41, 5.74) is 1.66. The van der Waals surface area contributed by atoms with E-state index in [0.29, 0.717) is 5.69 Å². The number of hydrogen-bond acceptors (Lipinski definition) is 4. The zero-order valence-corrected chi connectivity index (χ0v) is 15.3. The maximum Gasteiger partial charge on any atom is 0.148 e. The van der Waals surface area contributed by atoms with E-state index in [1.54, 1.807) is 16.8 Å². The van der Waals surface area contributed by atoms with E-state index in [4.69, 9.17) is 0 Å². The molecule has 1 aromatic carbocycles. The van der Waals surface area contributed by atoms with Crippen molar-refractivity contribution in [2.75, 3.05) is 37.7 Å². The van der Waals surface area contributed by atoms with Crippen LogP contribution in [0.15, 0.2) is 36.7 Å². The Kier molecular flexibility index (Phi) is 5.39. The van der Waals surface area contributed by atoms with Gasteiger partial charge in [0.25, 0.3) is 0 Å². The van der Waals surface area contributed by atoms with Crippen molar-refractivity contribution >= 4 is 11.8 Å². The molecule has 2 aliphatic rings. The van der Waals surface area contributed by atoms with Crippen molar-refractivity contribution in [3.05, 3.63) is 48.0 Å². The van der Waals surface area contributed by atoms with Crippen LogP contribution in [0.3, 0.4) is 0 Å². The smallest absolute Gasteiger partial charge is 0.148 e. The first kappa shape index (κ1) is 17.1. The van der Waals surface area contributed by atoms with Gasteiger partial charge in [0.15, 0.2) is 0 Å². The summed E-state index contributed by atoms with van der Waals surface area (Å²) >= 11 is 2.08. The molecule has 4 rings (SSSR count). The second-order valence-electron chi connectivity index (χ2n) is 6.90. The highest BCUT2D eigenvalue weighted by atomic mass is 32.2. The van der Waals surface area contributed by atoms with Crippen molar-refractivity contribution in [1.82, 2.24) is 19.6 Å². The third kappa shape index (κ3) is 4.07. The number of halogens is 1. The molecule has 2 fully saturated rings. The van der Waals surface area contributed by atoms with Gasteiger partial charge >= 0.3 is 0 Å². The van der Waals surface area contributed by atoms with Crippen molar-refractivity contribution < 1.29 is 4.39 Å². The molecule has 2 aliphatic heterocycles. The molecule has 0 spiro atoms. The Morgan fingerprint density at radius 3 is 2.60 bits per heavy atom. The van der Waals surface area contributed by atoms with Crippen LogP contribution in [0.5, 0.6) is 0 Å². The van der Waals surface area contributed by atoms with Crippen molar-refractivity contribution in [1.29, 1.82) is 0 Å². The highest BCUT2D eigenvalue weighted by molar-refractivity contribution is 7.99. The normalized spacial score (nSPS) is 20.8. The standard InChI is InChI=1S/C19H25FN4S/c20-18-3-1-2-4-19(18)24-15-16(13-21-24)14-22-7-5-17(6-8-22)23-9-11-25-12-10-23/h1-4,13,15,17H,5-12,14H2. The van der Waals surface area contributed by atoms with Crippen LogP contribution in [0.25, 0.3) is 5.69 Å². The Morgan fingerprint density at radius 1 is 1.08 bits per heavy atom. The maximum absolute atomic E-state index is 13.9. The zero-order valence-electron chi connectivity index (χ0n) is 14.5. The Hall–Kier alpha value is -1.37. The summed E-state index contributed by atoms with van der Waals surface area (Å²) in [5.74, 6) is 2.34. The second kappa shape index (κ2) is 7.89. The van der Waals surface area contributed by atoms with Gasteiger partial charge in [-0.2, -0.15) is 16.9 Å². The number of hydrogen-bond donors (Lipinski definition) is 0. The van der Waals surface area contributed by atoms with E-state index in [1.165, 1.54) is 43.5 Å². The minimum atomic E-state index is -0.238. The molecule has 2 saturated heterocycles. The van der Waals surface area contributed by atoms with Crippen LogP contribution in [0.2, 0.25) is 0 Å². The fraction of sp³-hybridized carbons (Fsp3) is 0.526. The molecule has 3 heterocycles. The van der Waals surface area contributed by atoms with Gasteiger partial charge in [-0.3, -0.25) is 9.80 Å². The van der Waals surface area contributed by atoms with Crippen LogP contribution in [0, 0.1) is 5.82 Å². The number of aromatic nitrogens is 2. The molecule has 0 atom stereocenters. The molecule has 1 aromatic heterocycles. The SMILES string of the molecule is Fc1ccccc1-n1cc(CN2CCC(N3CCSCC3)CC2)cn1. The number of thioether (sulfide) groups is 1. The molecule has 6 heteroatoms. The minimum Gasteiger partial charge on any atom is -0.299 e. The number of nitrogens with zero attached hydrogens (tertiary/aromatic N) is 4. The molecule has 0 N–H and O–H groups in total. The lowest BCUT2D eigenvalue weighted by Gasteiger charge is -2.40. The van der Waals surface area contributed by atoms with Crippen molar-refractivity contribution in [2.24, 2.45) is 0 Å². The van der Waals surface area contributed by atoms with Gasteiger partial charge in [-0.25, -0.2) is 9.07 Å². The van der Waals surface area contributed by atoms with Gasteiger partial charge in [-0.1, -0.05) is 12.1 Å². The highest BCUT2D eigenvalue weighted by Gasteiger charge is 2.25. The van der Waals surface area contributed by atoms with Crippen LogP contribution in [0.1, 0.15) is 18.4 Å². The summed E-state index contributed by atoms with van der Waals surface area (Å²) in [6, 6.07) is 7.53. The summed E-state index contributed by atoms with van der Waals surface area (Å²) in [7, 11) is 0. The lowest BCUT2D eigenvalue weighted by molar-refractivity contribution is 0.112. The molecule has 2 aromatic rings. The van der Waals surface area contributed by atoms with Crippen molar-refractivity contribution in [3.8, 4) is 5.69 Å². The van der Waals surface area contributed by atoms with Crippen LogP contribution in [-0.2, 0) is 6.54 Å². The number of benzene rings is 1. The first-order valence-corrected chi connectivity index (χ1v) is 10.3. The minimum absolute atomic E-state index is 0.238. The Labute approximate surface area is 153 Å². The van der Waals surface area contributed by atoms with E-state index in [0.717, 1.165) is 31.2 Å². The molecule has 0 radical (unpaired) electrons. The summed E-state index contributed by atoms with van der Waals surface area (Å²) < 4.78 is 15.5.